The lowest BCUT2D eigenvalue weighted by Crippen LogP contribution is -1.92. The maximum absolute atomic E-state index is 10.4. The molecule has 0 bridgehead atoms. The summed E-state index contributed by atoms with van der Waals surface area (Å²) in [5.74, 6) is 0. The second-order valence-electron chi connectivity index (χ2n) is 2.72. The van der Waals surface area contributed by atoms with Gasteiger partial charge in [0.1, 0.15) is 0 Å². The smallest absolute Gasteiger partial charge is 0.243 e. The SMILES string of the molecule is C/C(=C/c1ccc(Br)c(Cl)c1)[N+](=O)[O-]. The third kappa shape index (κ3) is 2.82. The molecule has 1 aromatic carbocycles. The predicted octanol–water partition coefficient (Wildman–Crippen LogP) is 3.74. The third-order valence-electron chi connectivity index (χ3n) is 1.61. The fourth-order valence-corrected chi connectivity index (χ4v) is 1.33. The molecule has 0 spiro atoms. The van der Waals surface area contributed by atoms with Gasteiger partial charge in [-0.05, 0) is 33.6 Å². The Morgan fingerprint density at radius 2 is 2.29 bits per heavy atom. The van der Waals surface area contributed by atoms with Crippen LogP contribution < -0.4 is 0 Å². The summed E-state index contributed by atoms with van der Waals surface area (Å²) in [6, 6.07) is 5.17. The van der Waals surface area contributed by atoms with Gasteiger partial charge in [-0.15, -0.1) is 0 Å². The summed E-state index contributed by atoms with van der Waals surface area (Å²) in [7, 11) is 0. The summed E-state index contributed by atoms with van der Waals surface area (Å²) in [5.41, 5.74) is 0.802. The Kier molecular flexibility index (Phi) is 3.66. The second-order valence-corrected chi connectivity index (χ2v) is 3.98. The van der Waals surface area contributed by atoms with Crippen molar-refractivity contribution < 1.29 is 4.92 Å². The van der Waals surface area contributed by atoms with Crippen molar-refractivity contribution >= 4 is 33.6 Å². The van der Waals surface area contributed by atoms with Gasteiger partial charge in [0.15, 0.2) is 0 Å². The molecule has 0 saturated heterocycles. The van der Waals surface area contributed by atoms with Crippen molar-refractivity contribution in [3.05, 3.63) is 49.1 Å². The minimum absolute atomic E-state index is 0.0865. The Morgan fingerprint density at radius 3 is 2.79 bits per heavy atom. The van der Waals surface area contributed by atoms with Gasteiger partial charge in [0.05, 0.1) is 9.95 Å². The van der Waals surface area contributed by atoms with Crippen LogP contribution in [0.1, 0.15) is 12.5 Å². The van der Waals surface area contributed by atoms with E-state index in [1.54, 1.807) is 18.2 Å². The summed E-state index contributed by atoms with van der Waals surface area (Å²) >= 11 is 9.07. The topological polar surface area (TPSA) is 43.1 Å². The van der Waals surface area contributed by atoms with E-state index in [4.69, 9.17) is 11.6 Å². The van der Waals surface area contributed by atoms with Crippen LogP contribution in [0, 0.1) is 10.1 Å². The molecule has 0 radical (unpaired) electrons. The molecule has 0 aromatic heterocycles. The Labute approximate surface area is 94.7 Å². The van der Waals surface area contributed by atoms with E-state index in [0.29, 0.717) is 10.6 Å². The van der Waals surface area contributed by atoms with Gasteiger partial charge in [0.2, 0.25) is 5.70 Å². The van der Waals surface area contributed by atoms with Gasteiger partial charge in [0.25, 0.3) is 0 Å². The van der Waals surface area contributed by atoms with E-state index < -0.39 is 4.92 Å². The minimum Gasteiger partial charge on any atom is -0.259 e. The van der Waals surface area contributed by atoms with Gasteiger partial charge >= 0.3 is 0 Å². The fraction of sp³-hybridized carbons (Fsp3) is 0.111. The lowest BCUT2D eigenvalue weighted by molar-refractivity contribution is -0.422. The van der Waals surface area contributed by atoms with Crippen LogP contribution in [0.2, 0.25) is 5.02 Å². The van der Waals surface area contributed by atoms with Gasteiger partial charge in [0, 0.05) is 17.5 Å². The Bertz CT molecular complexity index is 404. The normalized spacial score (nSPS) is 11.5. The molecule has 0 unspecified atom stereocenters. The first-order chi connectivity index (χ1) is 6.50. The largest absolute Gasteiger partial charge is 0.259 e. The molecule has 0 amide bonds. The molecule has 14 heavy (non-hydrogen) atoms. The van der Waals surface area contributed by atoms with Crippen molar-refractivity contribution in [2.24, 2.45) is 0 Å². The molecule has 0 heterocycles. The minimum atomic E-state index is -0.435. The van der Waals surface area contributed by atoms with Crippen molar-refractivity contribution in [2.75, 3.05) is 0 Å². The first-order valence-electron chi connectivity index (χ1n) is 3.78. The Hall–Kier alpha value is -0.870. The van der Waals surface area contributed by atoms with Crippen molar-refractivity contribution in [1.29, 1.82) is 0 Å². The molecule has 74 valence electrons. The van der Waals surface area contributed by atoms with E-state index in [1.807, 2.05) is 0 Å². The molecule has 1 rings (SSSR count). The number of hydrogen-bond donors (Lipinski definition) is 0. The molecular weight excluding hydrogens is 269 g/mol. The first kappa shape index (κ1) is 11.2. The fourth-order valence-electron chi connectivity index (χ4n) is 0.896. The van der Waals surface area contributed by atoms with Crippen LogP contribution in [0.3, 0.4) is 0 Å². The van der Waals surface area contributed by atoms with Crippen molar-refractivity contribution in [3.8, 4) is 0 Å². The quantitative estimate of drug-likeness (QED) is 0.610. The number of benzene rings is 1. The van der Waals surface area contributed by atoms with Crippen LogP contribution in [-0.2, 0) is 0 Å². The molecule has 0 aliphatic heterocycles. The number of hydrogen-bond acceptors (Lipinski definition) is 2. The lowest BCUT2D eigenvalue weighted by Gasteiger charge is -1.97. The highest BCUT2D eigenvalue weighted by molar-refractivity contribution is 9.10. The van der Waals surface area contributed by atoms with Crippen molar-refractivity contribution in [3.63, 3.8) is 0 Å². The molecule has 1 aromatic rings. The number of nitrogens with zero attached hydrogens (tertiary/aromatic N) is 1. The summed E-state index contributed by atoms with van der Waals surface area (Å²) in [6.07, 6.45) is 1.47. The van der Waals surface area contributed by atoms with Gasteiger partial charge in [-0.1, -0.05) is 17.7 Å². The average molecular weight is 277 g/mol. The monoisotopic (exact) mass is 275 g/mol. The zero-order valence-corrected chi connectivity index (χ0v) is 9.67. The molecule has 0 aliphatic rings. The maximum atomic E-state index is 10.4. The average Bonchev–Trinajstić information content (AvgIpc) is 2.11. The number of nitro groups is 1. The highest BCUT2D eigenvalue weighted by Crippen LogP contribution is 2.24. The zero-order chi connectivity index (χ0) is 10.7. The molecule has 5 heteroatoms. The van der Waals surface area contributed by atoms with Gasteiger partial charge in [-0.3, -0.25) is 10.1 Å². The highest BCUT2D eigenvalue weighted by atomic mass is 79.9. The van der Waals surface area contributed by atoms with E-state index in [0.717, 1.165) is 4.47 Å². The molecular formula is C9H7BrClNO2. The van der Waals surface area contributed by atoms with Crippen LogP contribution >= 0.6 is 27.5 Å². The first-order valence-corrected chi connectivity index (χ1v) is 4.95. The van der Waals surface area contributed by atoms with Gasteiger partial charge in [-0.25, -0.2) is 0 Å². The van der Waals surface area contributed by atoms with E-state index in [-0.39, 0.29) is 5.70 Å². The van der Waals surface area contributed by atoms with Crippen LogP contribution in [0.4, 0.5) is 0 Å². The zero-order valence-electron chi connectivity index (χ0n) is 7.33. The summed E-state index contributed by atoms with van der Waals surface area (Å²) in [6.45, 7) is 1.44. The van der Waals surface area contributed by atoms with Crippen molar-refractivity contribution in [1.82, 2.24) is 0 Å². The molecule has 0 saturated carbocycles. The van der Waals surface area contributed by atoms with E-state index in [1.165, 1.54) is 13.0 Å². The van der Waals surface area contributed by atoms with Crippen LogP contribution in [0.5, 0.6) is 0 Å². The molecule has 0 aliphatic carbocycles. The summed E-state index contributed by atoms with van der Waals surface area (Å²) in [5, 5.41) is 10.9. The molecule has 0 N–H and O–H groups in total. The van der Waals surface area contributed by atoms with Crippen LogP contribution in [0.25, 0.3) is 6.08 Å². The lowest BCUT2D eigenvalue weighted by atomic mass is 10.2. The third-order valence-corrected chi connectivity index (χ3v) is 2.84. The summed E-state index contributed by atoms with van der Waals surface area (Å²) in [4.78, 5) is 9.92. The number of halogens is 2. The van der Waals surface area contributed by atoms with Crippen molar-refractivity contribution in [2.45, 2.75) is 6.92 Å². The maximum Gasteiger partial charge on any atom is 0.243 e. The Morgan fingerprint density at radius 1 is 1.64 bits per heavy atom. The Balaban J connectivity index is 3.04. The highest BCUT2D eigenvalue weighted by Gasteiger charge is 2.03. The number of rotatable bonds is 2. The van der Waals surface area contributed by atoms with E-state index >= 15 is 0 Å². The number of allylic oxidation sites excluding steroid dienone is 1. The summed E-state index contributed by atoms with van der Waals surface area (Å²) < 4.78 is 0.773. The van der Waals surface area contributed by atoms with E-state index in [9.17, 15) is 10.1 Å². The second kappa shape index (κ2) is 4.57. The van der Waals surface area contributed by atoms with E-state index in [2.05, 4.69) is 15.9 Å². The molecule has 3 nitrogen and oxygen atoms in total. The van der Waals surface area contributed by atoms with Gasteiger partial charge in [-0.2, -0.15) is 0 Å². The molecule has 0 atom stereocenters. The van der Waals surface area contributed by atoms with Crippen LogP contribution in [0.15, 0.2) is 28.4 Å². The standard InChI is InChI=1S/C9H7BrClNO2/c1-6(12(13)14)4-7-2-3-8(10)9(11)5-7/h2-5H,1H3/b6-4-. The van der Waals surface area contributed by atoms with Gasteiger partial charge < -0.3 is 0 Å². The molecule has 0 fully saturated rings. The van der Waals surface area contributed by atoms with Crippen LogP contribution in [-0.4, -0.2) is 4.92 Å². The predicted molar refractivity (Wildman–Crippen MR) is 59.8 cm³/mol.